The zero-order chi connectivity index (χ0) is 26.9. The molecule has 1 saturated heterocycles. The SMILES string of the molecule is CCOC(F)(F)/C(F)=C(\F)C(F)(F)N1C(F)(F)C(F)(C(F)(F)F)OC(F)(C(F)(F)F)C1(F)F. The van der Waals surface area contributed by atoms with Crippen molar-refractivity contribution in [2.75, 3.05) is 6.61 Å². The van der Waals surface area contributed by atoms with E-state index in [4.69, 9.17) is 0 Å². The first-order valence-corrected chi connectivity index (χ1v) is 7.43. The van der Waals surface area contributed by atoms with Gasteiger partial charge in [0, 0.05) is 0 Å². The lowest BCUT2D eigenvalue weighted by molar-refractivity contribution is -0.594. The molecule has 1 aliphatic heterocycles. The molecule has 0 spiro atoms. The van der Waals surface area contributed by atoms with Crippen LogP contribution in [0.1, 0.15) is 6.92 Å². The van der Waals surface area contributed by atoms with Gasteiger partial charge in [0.25, 0.3) is 0 Å². The Labute approximate surface area is 168 Å². The normalized spacial score (nSPS) is 30.3. The van der Waals surface area contributed by atoms with Crippen molar-refractivity contribution < 1.29 is 88.5 Å². The molecule has 0 aromatic carbocycles. The molecule has 0 N–H and O–H groups in total. The largest absolute Gasteiger partial charge is 0.456 e. The molecule has 0 aromatic rings. The van der Waals surface area contributed by atoms with Crippen LogP contribution in [0.4, 0.5) is 79.0 Å². The third-order valence-corrected chi connectivity index (χ3v) is 3.66. The number of alkyl halides is 16. The van der Waals surface area contributed by atoms with Crippen molar-refractivity contribution in [2.24, 2.45) is 0 Å². The Bertz CT molecular complexity index is 748. The fourth-order valence-corrected chi connectivity index (χ4v) is 2.19. The smallest absolute Gasteiger partial charge is 0.315 e. The first-order chi connectivity index (χ1) is 14.2. The van der Waals surface area contributed by atoms with E-state index in [1.54, 1.807) is 4.74 Å². The molecule has 3 nitrogen and oxygen atoms in total. The number of ether oxygens (including phenoxy) is 2. The van der Waals surface area contributed by atoms with Gasteiger partial charge in [0.15, 0.2) is 0 Å². The van der Waals surface area contributed by atoms with Gasteiger partial charge < -0.3 is 4.74 Å². The fourth-order valence-electron chi connectivity index (χ4n) is 2.19. The van der Waals surface area contributed by atoms with E-state index in [-0.39, 0.29) is 0 Å². The van der Waals surface area contributed by atoms with Crippen molar-refractivity contribution >= 4 is 0 Å². The monoisotopic (exact) mass is 537 g/mol. The maximum atomic E-state index is 14.0. The Morgan fingerprint density at radius 2 is 1.03 bits per heavy atom. The molecule has 1 fully saturated rings. The van der Waals surface area contributed by atoms with Crippen LogP contribution in [0, 0.1) is 0 Å². The van der Waals surface area contributed by atoms with Gasteiger partial charge in [-0.2, -0.15) is 74.6 Å². The quantitative estimate of drug-likeness (QED) is 0.302. The third-order valence-electron chi connectivity index (χ3n) is 3.66. The average molecular weight is 537 g/mol. The van der Waals surface area contributed by atoms with Crippen molar-refractivity contribution in [3.05, 3.63) is 11.7 Å². The van der Waals surface area contributed by atoms with Gasteiger partial charge in [-0.05, 0) is 6.92 Å². The topological polar surface area (TPSA) is 21.7 Å². The average Bonchev–Trinajstić information content (AvgIpc) is 2.55. The van der Waals surface area contributed by atoms with Crippen molar-refractivity contribution in [3.8, 4) is 0 Å². The number of hydrogen-bond donors (Lipinski definition) is 0. The predicted octanol–water partition coefficient (Wildman–Crippen LogP) is 6.33. The Morgan fingerprint density at radius 3 is 1.30 bits per heavy atom. The van der Waals surface area contributed by atoms with E-state index in [1.165, 1.54) is 0 Å². The molecular weight excluding hydrogens is 532 g/mol. The van der Waals surface area contributed by atoms with Crippen LogP contribution < -0.4 is 0 Å². The van der Waals surface area contributed by atoms with Gasteiger partial charge in [-0.25, -0.2) is 4.39 Å². The van der Waals surface area contributed by atoms with Crippen molar-refractivity contribution in [1.82, 2.24) is 4.90 Å². The van der Waals surface area contributed by atoms with Gasteiger partial charge in [-0.3, -0.25) is 4.74 Å². The zero-order valence-corrected chi connectivity index (χ0v) is 14.8. The molecule has 1 rings (SSSR count). The van der Waals surface area contributed by atoms with Crippen LogP contribution in [0.5, 0.6) is 0 Å². The Kier molecular flexibility index (Phi) is 6.84. The summed E-state index contributed by atoms with van der Waals surface area (Å²) in [6.07, 6.45) is -21.5. The molecule has 33 heavy (non-hydrogen) atoms. The molecule has 196 valence electrons. The second-order valence-electron chi connectivity index (χ2n) is 5.82. The van der Waals surface area contributed by atoms with Crippen LogP contribution in [0.15, 0.2) is 11.7 Å². The van der Waals surface area contributed by atoms with Gasteiger partial charge in [0.2, 0.25) is 11.7 Å². The predicted molar refractivity (Wildman–Crippen MR) is 63.4 cm³/mol. The molecule has 2 atom stereocenters. The number of morpholine rings is 1. The van der Waals surface area contributed by atoms with Crippen LogP contribution >= 0.6 is 0 Å². The van der Waals surface area contributed by atoms with E-state index in [0.717, 1.165) is 0 Å². The van der Waals surface area contributed by atoms with E-state index in [0.29, 0.717) is 6.92 Å². The van der Waals surface area contributed by atoms with Gasteiger partial charge in [0.1, 0.15) is 0 Å². The minimum atomic E-state index is -7.93. The highest BCUT2D eigenvalue weighted by Gasteiger charge is 2.95. The van der Waals surface area contributed by atoms with E-state index in [2.05, 4.69) is 4.74 Å². The number of hydrogen-bond acceptors (Lipinski definition) is 3. The number of halogens is 18. The molecule has 2 unspecified atom stereocenters. The summed E-state index contributed by atoms with van der Waals surface area (Å²) in [6, 6.07) is -23.6. The van der Waals surface area contributed by atoms with Gasteiger partial charge in [-0.1, -0.05) is 0 Å². The standard InChI is InChI=1S/C12H5F18NO2/c1-2-32-6(17,18)4(14)3(13)5(15,16)31-11(27,28)7(19,9(21,22)23)33-8(20,10(24,25)26)12(31,29)30/h2H2,1H3/b4-3+. The summed E-state index contributed by atoms with van der Waals surface area (Å²) in [7, 11) is 0. The maximum Gasteiger partial charge on any atom is 0.456 e. The molecule has 0 saturated carbocycles. The van der Waals surface area contributed by atoms with Gasteiger partial charge in [-0.15, -0.1) is 4.90 Å². The first-order valence-electron chi connectivity index (χ1n) is 7.43. The van der Waals surface area contributed by atoms with Crippen LogP contribution in [0.2, 0.25) is 0 Å². The Hall–Kier alpha value is -1.64. The molecule has 1 heterocycles. The molecular formula is C12H5F18NO2. The van der Waals surface area contributed by atoms with E-state index in [1.807, 2.05) is 0 Å². The lowest BCUT2D eigenvalue weighted by atomic mass is 10.0. The summed E-state index contributed by atoms with van der Waals surface area (Å²) >= 11 is 0. The molecule has 21 heteroatoms. The summed E-state index contributed by atoms with van der Waals surface area (Å²) in [6.45, 7) is -0.879. The van der Waals surface area contributed by atoms with Crippen LogP contribution in [-0.4, -0.2) is 59.8 Å². The summed E-state index contributed by atoms with van der Waals surface area (Å²) in [5.74, 6) is -24.8. The highest BCUT2D eigenvalue weighted by Crippen LogP contribution is 2.65. The lowest BCUT2D eigenvalue weighted by Gasteiger charge is -2.54. The summed E-state index contributed by atoms with van der Waals surface area (Å²) in [5.41, 5.74) is 0. The molecule has 0 aromatic heterocycles. The zero-order valence-electron chi connectivity index (χ0n) is 14.8. The third kappa shape index (κ3) is 3.98. The molecule has 0 aliphatic carbocycles. The Balaban J connectivity index is 4.08. The number of nitrogens with zero attached hydrogens (tertiary/aromatic N) is 1. The van der Waals surface area contributed by atoms with Crippen molar-refractivity contribution in [1.29, 1.82) is 0 Å². The molecule has 0 radical (unpaired) electrons. The fraction of sp³-hybridized carbons (Fsp3) is 0.833. The number of rotatable bonds is 5. The highest BCUT2D eigenvalue weighted by molar-refractivity contribution is 5.19. The van der Waals surface area contributed by atoms with Crippen molar-refractivity contribution in [2.45, 2.75) is 55.2 Å². The second kappa shape index (κ2) is 7.68. The van der Waals surface area contributed by atoms with Gasteiger partial charge in [0.05, 0.1) is 6.61 Å². The minimum absolute atomic E-state index is 0.531. The summed E-state index contributed by atoms with van der Waals surface area (Å²) in [4.78, 5) is -4.35. The minimum Gasteiger partial charge on any atom is -0.315 e. The van der Waals surface area contributed by atoms with Gasteiger partial charge >= 0.3 is 48.3 Å². The summed E-state index contributed by atoms with van der Waals surface area (Å²) < 4.78 is 245. The molecule has 0 bridgehead atoms. The molecule has 1 aliphatic rings. The van der Waals surface area contributed by atoms with Crippen LogP contribution in [0.3, 0.4) is 0 Å². The van der Waals surface area contributed by atoms with Crippen LogP contribution in [0.25, 0.3) is 0 Å². The maximum absolute atomic E-state index is 14.0. The lowest BCUT2D eigenvalue weighted by Crippen LogP contribution is -2.84. The first kappa shape index (κ1) is 29.4. The van der Waals surface area contributed by atoms with E-state index < -0.39 is 71.5 Å². The summed E-state index contributed by atoms with van der Waals surface area (Å²) in [5, 5.41) is 0. The Morgan fingerprint density at radius 1 is 0.697 bits per heavy atom. The second-order valence-corrected chi connectivity index (χ2v) is 5.82. The van der Waals surface area contributed by atoms with Crippen molar-refractivity contribution in [3.63, 3.8) is 0 Å². The van der Waals surface area contributed by atoms with E-state index in [9.17, 15) is 79.0 Å². The highest BCUT2D eigenvalue weighted by atomic mass is 19.4. The van der Waals surface area contributed by atoms with E-state index >= 15 is 0 Å². The molecule has 0 amide bonds. The van der Waals surface area contributed by atoms with Crippen LogP contribution in [-0.2, 0) is 9.47 Å².